The largest absolute Gasteiger partial charge is 0.389 e. The Hall–Kier alpha value is -0.830. The van der Waals surface area contributed by atoms with E-state index in [0.29, 0.717) is 11.8 Å². The number of allylic oxidation sites excluding steroid dienone is 2. The molecule has 1 amide bonds. The number of piperidine rings is 1. The molecule has 0 aromatic heterocycles. The van der Waals surface area contributed by atoms with Gasteiger partial charge < -0.3 is 10.0 Å². The Kier molecular flexibility index (Phi) is 3.66. The van der Waals surface area contributed by atoms with E-state index in [0.717, 1.165) is 58.0 Å². The van der Waals surface area contributed by atoms with Crippen LogP contribution in [0.3, 0.4) is 0 Å². The zero-order valence-corrected chi connectivity index (χ0v) is 11.7. The number of hydrogen-bond donors (Lipinski definition) is 1. The third-order valence-electron chi connectivity index (χ3n) is 5.36. The number of likely N-dealkylation sites (tertiary alicyclic amines) is 1. The summed E-state index contributed by atoms with van der Waals surface area (Å²) in [5.41, 5.74) is -0.471. The van der Waals surface area contributed by atoms with Crippen LogP contribution in [0.5, 0.6) is 0 Å². The molecule has 2 fully saturated rings. The lowest BCUT2D eigenvalue weighted by atomic mass is 9.71. The monoisotopic (exact) mass is 263 g/mol. The zero-order chi connectivity index (χ0) is 13.3. The summed E-state index contributed by atoms with van der Waals surface area (Å²) in [6, 6.07) is 0. The molecule has 3 unspecified atom stereocenters. The van der Waals surface area contributed by atoms with Crippen molar-refractivity contribution in [2.75, 3.05) is 13.1 Å². The van der Waals surface area contributed by atoms with Crippen molar-refractivity contribution in [1.29, 1.82) is 0 Å². The van der Waals surface area contributed by atoms with Crippen LogP contribution in [0, 0.1) is 11.8 Å². The van der Waals surface area contributed by atoms with Crippen molar-refractivity contribution in [3.8, 4) is 0 Å². The average molecular weight is 263 g/mol. The number of fused-ring (bicyclic) bond motifs is 1. The molecule has 2 aliphatic carbocycles. The number of amides is 1. The van der Waals surface area contributed by atoms with Gasteiger partial charge in [-0.05, 0) is 38.5 Å². The second-order valence-corrected chi connectivity index (χ2v) is 6.56. The van der Waals surface area contributed by atoms with Crippen LogP contribution in [0.1, 0.15) is 51.4 Å². The molecule has 3 atom stereocenters. The molecule has 0 radical (unpaired) electrons. The summed E-state index contributed by atoms with van der Waals surface area (Å²) in [7, 11) is 0. The molecule has 3 aliphatic rings. The van der Waals surface area contributed by atoms with Gasteiger partial charge in [0.25, 0.3) is 0 Å². The molecule has 0 aromatic rings. The van der Waals surface area contributed by atoms with Crippen LogP contribution < -0.4 is 0 Å². The minimum atomic E-state index is -0.471. The quantitative estimate of drug-likeness (QED) is 0.738. The molecule has 1 saturated carbocycles. The Morgan fingerprint density at radius 2 is 2.11 bits per heavy atom. The lowest BCUT2D eigenvalue weighted by Crippen LogP contribution is -2.55. The molecule has 0 spiro atoms. The first-order valence-electron chi connectivity index (χ1n) is 7.85. The van der Waals surface area contributed by atoms with Crippen molar-refractivity contribution in [2.24, 2.45) is 11.8 Å². The molecule has 0 bridgehead atoms. The van der Waals surface area contributed by atoms with Gasteiger partial charge in [-0.1, -0.05) is 25.0 Å². The van der Waals surface area contributed by atoms with E-state index in [1.165, 1.54) is 6.42 Å². The fourth-order valence-corrected chi connectivity index (χ4v) is 4.05. The molecule has 3 nitrogen and oxygen atoms in total. The van der Waals surface area contributed by atoms with Crippen LogP contribution in [0.2, 0.25) is 0 Å². The highest BCUT2D eigenvalue weighted by atomic mass is 16.3. The van der Waals surface area contributed by atoms with Crippen molar-refractivity contribution in [1.82, 2.24) is 4.90 Å². The summed E-state index contributed by atoms with van der Waals surface area (Å²) in [4.78, 5) is 14.6. The molecule has 1 aliphatic heterocycles. The SMILES string of the molecule is O=C(C1CC=CCC1)N1CCC2(O)CCCCC2C1. The minimum absolute atomic E-state index is 0.194. The fraction of sp³-hybridized carbons (Fsp3) is 0.812. The van der Waals surface area contributed by atoms with Crippen LogP contribution in [0.15, 0.2) is 12.2 Å². The number of rotatable bonds is 1. The first-order valence-corrected chi connectivity index (χ1v) is 7.85. The normalized spacial score (nSPS) is 38.9. The summed E-state index contributed by atoms with van der Waals surface area (Å²) in [5, 5.41) is 10.7. The van der Waals surface area contributed by atoms with Crippen molar-refractivity contribution in [2.45, 2.75) is 57.0 Å². The molecule has 1 N–H and O–H groups in total. The smallest absolute Gasteiger partial charge is 0.226 e. The molecular formula is C16H25NO2. The number of carbonyl (C=O) groups is 1. The molecule has 1 saturated heterocycles. The Morgan fingerprint density at radius 1 is 1.21 bits per heavy atom. The van der Waals surface area contributed by atoms with Gasteiger partial charge in [-0.25, -0.2) is 0 Å². The highest BCUT2D eigenvalue weighted by Gasteiger charge is 2.44. The van der Waals surface area contributed by atoms with Gasteiger partial charge in [-0.3, -0.25) is 4.79 Å². The Balaban J connectivity index is 1.64. The van der Waals surface area contributed by atoms with E-state index in [1.54, 1.807) is 0 Å². The van der Waals surface area contributed by atoms with Gasteiger partial charge >= 0.3 is 0 Å². The first kappa shape index (κ1) is 13.2. The number of carbonyl (C=O) groups excluding carboxylic acids is 1. The minimum Gasteiger partial charge on any atom is -0.389 e. The maximum atomic E-state index is 12.5. The Bertz CT molecular complexity index is 379. The zero-order valence-electron chi connectivity index (χ0n) is 11.7. The van der Waals surface area contributed by atoms with Crippen molar-refractivity contribution < 1.29 is 9.90 Å². The topological polar surface area (TPSA) is 40.5 Å². The molecule has 106 valence electrons. The van der Waals surface area contributed by atoms with E-state index in [4.69, 9.17) is 0 Å². The number of nitrogens with zero attached hydrogens (tertiary/aromatic N) is 1. The van der Waals surface area contributed by atoms with E-state index < -0.39 is 5.60 Å². The lowest BCUT2D eigenvalue weighted by Gasteiger charge is -2.48. The van der Waals surface area contributed by atoms with E-state index >= 15 is 0 Å². The maximum Gasteiger partial charge on any atom is 0.226 e. The summed E-state index contributed by atoms with van der Waals surface area (Å²) in [6.07, 6.45) is 12.4. The summed E-state index contributed by atoms with van der Waals surface area (Å²) in [6.45, 7) is 1.54. The standard InChI is InChI=1S/C16H25NO2/c18-15(13-6-2-1-3-7-13)17-11-10-16(19)9-5-4-8-14(16)12-17/h1-2,13-14,19H,3-12H2. The predicted octanol–water partition coefficient (Wildman–Crippen LogP) is 2.50. The van der Waals surface area contributed by atoms with Crippen LogP contribution in [-0.2, 0) is 4.79 Å². The van der Waals surface area contributed by atoms with Gasteiger partial charge in [-0.2, -0.15) is 0 Å². The van der Waals surface area contributed by atoms with Gasteiger partial charge in [0, 0.05) is 24.9 Å². The van der Waals surface area contributed by atoms with E-state index in [1.807, 2.05) is 4.90 Å². The van der Waals surface area contributed by atoms with Crippen LogP contribution in [0.25, 0.3) is 0 Å². The van der Waals surface area contributed by atoms with E-state index in [2.05, 4.69) is 12.2 Å². The highest BCUT2D eigenvalue weighted by molar-refractivity contribution is 5.79. The Labute approximate surface area is 115 Å². The maximum absolute atomic E-state index is 12.5. The summed E-state index contributed by atoms with van der Waals surface area (Å²) in [5.74, 6) is 0.842. The van der Waals surface area contributed by atoms with Crippen molar-refractivity contribution in [3.63, 3.8) is 0 Å². The molecule has 19 heavy (non-hydrogen) atoms. The summed E-state index contributed by atoms with van der Waals surface area (Å²) >= 11 is 0. The number of hydrogen-bond acceptors (Lipinski definition) is 2. The van der Waals surface area contributed by atoms with Gasteiger partial charge in [0.05, 0.1) is 5.60 Å². The summed E-state index contributed by atoms with van der Waals surface area (Å²) < 4.78 is 0. The second-order valence-electron chi connectivity index (χ2n) is 6.56. The van der Waals surface area contributed by atoms with Crippen LogP contribution in [0.4, 0.5) is 0 Å². The van der Waals surface area contributed by atoms with Gasteiger partial charge in [-0.15, -0.1) is 0 Å². The third-order valence-corrected chi connectivity index (χ3v) is 5.36. The van der Waals surface area contributed by atoms with Crippen LogP contribution >= 0.6 is 0 Å². The van der Waals surface area contributed by atoms with Crippen LogP contribution in [-0.4, -0.2) is 34.6 Å². The predicted molar refractivity (Wildman–Crippen MR) is 74.6 cm³/mol. The third kappa shape index (κ3) is 2.58. The Morgan fingerprint density at radius 3 is 2.89 bits per heavy atom. The molecule has 1 heterocycles. The highest BCUT2D eigenvalue weighted by Crippen LogP contribution is 2.40. The van der Waals surface area contributed by atoms with Gasteiger partial charge in [0.2, 0.25) is 5.91 Å². The first-order chi connectivity index (χ1) is 9.19. The number of aliphatic hydroxyl groups is 1. The van der Waals surface area contributed by atoms with Gasteiger partial charge in [0.15, 0.2) is 0 Å². The fourth-order valence-electron chi connectivity index (χ4n) is 4.05. The van der Waals surface area contributed by atoms with E-state index in [9.17, 15) is 9.90 Å². The molecule has 0 aromatic carbocycles. The molecule has 3 heteroatoms. The average Bonchev–Trinajstić information content (AvgIpc) is 2.46. The van der Waals surface area contributed by atoms with Gasteiger partial charge in [0.1, 0.15) is 0 Å². The lowest BCUT2D eigenvalue weighted by molar-refractivity contribution is -0.147. The molecular weight excluding hydrogens is 238 g/mol. The van der Waals surface area contributed by atoms with Crippen molar-refractivity contribution in [3.05, 3.63) is 12.2 Å². The molecule has 3 rings (SSSR count). The van der Waals surface area contributed by atoms with E-state index in [-0.39, 0.29) is 5.92 Å². The second kappa shape index (κ2) is 5.28. The van der Waals surface area contributed by atoms with Crippen molar-refractivity contribution >= 4 is 5.91 Å².